The van der Waals surface area contributed by atoms with E-state index in [1.165, 1.54) is 0 Å². The lowest BCUT2D eigenvalue weighted by molar-refractivity contribution is -0.131. The molecule has 0 heterocycles. The van der Waals surface area contributed by atoms with Gasteiger partial charge in [-0.1, -0.05) is 61.3 Å². The fraction of sp³-hybridized carbons (Fsp3) is 0.686. The van der Waals surface area contributed by atoms with Gasteiger partial charge in [-0.15, -0.1) is 0 Å². The molecule has 7 atom stereocenters. The first-order valence-corrected chi connectivity index (χ1v) is 18.8. The molecule has 13 heteroatoms. The second-order valence-corrected chi connectivity index (χ2v) is 14.6. The van der Waals surface area contributed by atoms with E-state index in [0.29, 0.717) is 49.2 Å². The van der Waals surface area contributed by atoms with Gasteiger partial charge < -0.3 is 31.9 Å². The molecular weight excluding hydrogens is 632 g/mol. The summed E-state index contributed by atoms with van der Waals surface area (Å²) in [5.41, 5.74) is 0.337. The van der Waals surface area contributed by atoms with E-state index in [9.17, 15) is 28.2 Å². The van der Waals surface area contributed by atoms with Gasteiger partial charge in [-0.25, -0.2) is 0 Å². The van der Waals surface area contributed by atoms with Crippen LogP contribution in [0.1, 0.15) is 98.4 Å². The van der Waals surface area contributed by atoms with Crippen LogP contribution in [-0.4, -0.2) is 83.3 Å². The SMILES string of the molecule is CCC[C@H](NC(=O)C(NC(=O)c1ccc(S(C)=O)cc1)[C@@H](C)CC)C(=O)NC(CN[C@@H](C)C(=O)NC(C(=O)NCC)C(C)C)CC(C)C. The maximum atomic E-state index is 13.6. The van der Waals surface area contributed by atoms with E-state index in [2.05, 4.69) is 31.9 Å². The van der Waals surface area contributed by atoms with Crippen molar-refractivity contribution < 1.29 is 28.2 Å². The molecule has 5 amide bonds. The van der Waals surface area contributed by atoms with Crippen LogP contribution in [-0.2, 0) is 30.0 Å². The minimum Gasteiger partial charge on any atom is -0.355 e. The predicted octanol–water partition coefficient (Wildman–Crippen LogP) is 2.64. The Morgan fingerprint density at radius 2 is 1.38 bits per heavy atom. The van der Waals surface area contributed by atoms with E-state index < -0.39 is 46.8 Å². The Kier molecular flexibility index (Phi) is 19.2. The molecule has 0 aromatic heterocycles. The molecule has 272 valence electrons. The third-order valence-electron chi connectivity index (χ3n) is 8.20. The van der Waals surface area contributed by atoms with Crippen molar-refractivity contribution in [3.63, 3.8) is 0 Å². The minimum atomic E-state index is -1.18. The van der Waals surface area contributed by atoms with Gasteiger partial charge in [-0.3, -0.25) is 28.2 Å². The van der Waals surface area contributed by atoms with Crippen LogP contribution in [0.2, 0.25) is 0 Å². The zero-order chi connectivity index (χ0) is 36.6. The molecule has 1 rings (SSSR count). The van der Waals surface area contributed by atoms with Crippen molar-refractivity contribution in [2.24, 2.45) is 17.8 Å². The van der Waals surface area contributed by atoms with Crippen LogP contribution in [0.25, 0.3) is 0 Å². The second kappa shape index (κ2) is 21.6. The molecule has 6 N–H and O–H groups in total. The molecule has 0 saturated carbocycles. The molecule has 48 heavy (non-hydrogen) atoms. The smallest absolute Gasteiger partial charge is 0.251 e. The van der Waals surface area contributed by atoms with Gasteiger partial charge in [0.25, 0.3) is 5.91 Å². The first-order valence-electron chi connectivity index (χ1n) is 17.2. The first-order chi connectivity index (χ1) is 22.6. The summed E-state index contributed by atoms with van der Waals surface area (Å²) in [5, 5.41) is 17.6. The molecule has 1 aromatic carbocycles. The summed E-state index contributed by atoms with van der Waals surface area (Å²) in [5.74, 6) is -1.86. The van der Waals surface area contributed by atoms with Crippen molar-refractivity contribution in [1.82, 2.24) is 31.9 Å². The number of carbonyl (C=O) groups is 5. The highest BCUT2D eigenvalue weighted by Gasteiger charge is 2.31. The lowest BCUT2D eigenvalue weighted by atomic mass is 9.97. The summed E-state index contributed by atoms with van der Waals surface area (Å²) < 4.78 is 11.7. The van der Waals surface area contributed by atoms with Crippen molar-refractivity contribution >= 4 is 40.3 Å². The molecular formula is C35H60N6O6S. The van der Waals surface area contributed by atoms with Gasteiger partial charge in [0.1, 0.15) is 18.1 Å². The van der Waals surface area contributed by atoms with Gasteiger partial charge in [-0.2, -0.15) is 0 Å². The number of benzene rings is 1. The summed E-state index contributed by atoms with van der Waals surface area (Å²) in [4.78, 5) is 66.3. The summed E-state index contributed by atoms with van der Waals surface area (Å²) in [6.45, 7) is 17.8. The second-order valence-electron chi connectivity index (χ2n) is 13.3. The Labute approximate surface area is 289 Å². The molecule has 0 bridgehead atoms. The zero-order valence-electron chi connectivity index (χ0n) is 30.5. The number of hydrogen-bond donors (Lipinski definition) is 6. The highest BCUT2D eigenvalue weighted by atomic mass is 32.2. The normalized spacial score (nSPS) is 15.8. The van der Waals surface area contributed by atoms with Crippen LogP contribution in [0.4, 0.5) is 0 Å². The first kappa shape index (κ1) is 42.7. The Hall–Kier alpha value is -3.32. The van der Waals surface area contributed by atoms with Crippen LogP contribution in [0.3, 0.4) is 0 Å². The van der Waals surface area contributed by atoms with Crippen LogP contribution in [0, 0.1) is 17.8 Å². The van der Waals surface area contributed by atoms with E-state index in [1.807, 2.05) is 55.4 Å². The molecule has 12 nitrogen and oxygen atoms in total. The van der Waals surface area contributed by atoms with Crippen LogP contribution in [0.15, 0.2) is 29.2 Å². The summed E-state index contributed by atoms with van der Waals surface area (Å²) >= 11 is 0. The number of rotatable bonds is 21. The van der Waals surface area contributed by atoms with Crippen LogP contribution in [0.5, 0.6) is 0 Å². The topological polar surface area (TPSA) is 175 Å². The number of hydrogen-bond acceptors (Lipinski definition) is 7. The maximum Gasteiger partial charge on any atom is 0.251 e. The molecule has 0 saturated heterocycles. The molecule has 4 unspecified atom stereocenters. The largest absolute Gasteiger partial charge is 0.355 e. The van der Waals surface area contributed by atoms with Gasteiger partial charge in [-0.05, 0) is 68.7 Å². The quantitative estimate of drug-likeness (QED) is 0.115. The number of carbonyl (C=O) groups excluding carboxylic acids is 5. The summed E-state index contributed by atoms with van der Waals surface area (Å²) in [6.07, 6.45) is 3.83. The Morgan fingerprint density at radius 3 is 1.88 bits per heavy atom. The third-order valence-corrected chi connectivity index (χ3v) is 9.14. The van der Waals surface area contributed by atoms with Gasteiger partial charge >= 0.3 is 0 Å². The van der Waals surface area contributed by atoms with E-state index in [0.717, 1.165) is 0 Å². The fourth-order valence-electron chi connectivity index (χ4n) is 5.12. The molecule has 0 spiro atoms. The van der Waals surface area contributed by atoms with Gasteiger partial charge in [0.2, 0.25) is 23.6 Å². The predicted molar refractivity (Wildman–Crippen MR) is 191 cm³/mol. The van der Waals surface area contributed by atoms with Gasteiger partial charge in [0.05, 0.1) is 6.04 Å². The molecule has 0 fully saturated rings. The monoisotopic (exact) mass is 692 g/mol. The fourth-order valence-corrected chi connectivity index (χ4v) is 5.64. The number of amides is 5. The van der Waals surface area contributed by atoms with Crippen LogP contribution < -0.4 is 31.9 Å². The standard InChI is InChI=1S/C35H60N6O6S/c1-11-14-28(39-35(46)30(23(8)12-2)41-32(43)25-15-17-27(18-16-25)48(10)47)33(44)38-26(19-21(4)5)20-37-24(9)31(42)40-29(22(6)7)34(45)36-13-3/h15-18,21-24,26,28-30,37H,11-14,19-20H2,1-10H3,(H,36,45)(H,38,44)(H,39,46)(H,40,42)(H,41,43)/t23-,24-,26?,28-,29?,30?,48?/m0/s1. The molecule has 0 radical (unpaired) electrons. The molecule has 1 aromatic rings. The Balaban J connectivity index is 3.00. The van der Waals surface area contributed by atoms with E-state index in [-0.39, 0.29) is 41.5 Å². The van der Waals surface area contributed by atoms with E-state index in [1.54, 1.807) is 37.4 Å². The Bertz CT molecular complexity index is 1220. The zero-order valence-corrected chi connectivity index (χ0v) is 31.3. The molecule has 0 aliphatic heterocycles. The lowest BCUT2D eigenvalue weighted by Crippen LogP contribution is -2.58. The lowest BCUT2D eigenvalue weighted by Gasteiger charge is -2.29. The van der Waals surface area contributed by atoms with Crippen LogP contribution >= 0.6 is 0 Å². The summed E-state index contributed by atoms with van der Waals surface area (Å²) in [6, 6.07) is 3.06. The Morgan fingerprint density at radius 1 is 0.750 bits per heavy atom. The molecule has 0 aliphatic carbocycles. The average Bonchev–Trinajstić information content (AvgIpc) is 3.03. The van der Waals surface area contributed by atoms with Crippen molar-refractivity contribution in [2.45, 2.75) is 123 Å². The van der Waals surface area contributed by atoms with Crippen molar-refractivity contribution in [1.29, 1.82) is 0 Å². The van der Waals surface area contributed by atoms with Gasteiger partial charge in [0.15, 0.2) is 0 Å². The highest BCUT2D eigenvalue weighted by Crippen LogP contribution is 2.13. The maximum absolute atomic E-state index is 13.6. The minimum absolute atomic E-state index is 0.0972. The average molecular weight is 693 g/mol. The van der Waals surface area contributed by atoms with E-state index >= 15 is 0 Å². The van der Waals surface area contributed by atoms with Crippen molar-refractivity contribution in [3.05, 3.63) is 29.8 Å². The van der Waals surface area contributed by atoms with Gasteiger partial charge in [0, 0.05) is 46.6 Å². The van der Waals surface area contributed by atoms with Crippen molar-refractivity contribution in [3.8, 4) is 0 Å². The number of likely N-dealkylation sites (N-methyl/N-ethyl adjacent to an activating group) is 1. The highest BCUT2D eigenvalue weighted by molar-refractivity contribution is 7.84. The third kappa shape index (κ3) is 14.4. The van der Waals surface area contributed by atoms with Crippen molar-refractivity contribution in [2.75, 3.05) is 19.3 Å². The molecule has 0 aliphatic rings. The number of nitrogens with one attached hydrogen (secondary N) is 6. The summed E-state index contributed by atoms with van der Waals surface area (Å²) in [7, 11) is -1.18. The van der Waals surface area contributed by atoms with E-state index in [4.69, 9.17) is 0 Å².